The molecule has 2 amide bonds. The van der Waals surface area contributed by atoms with Gasteiger partial charge in [0.05, 0.1) is 0 Å². The molecule has 0 bridgehead atoms. The quantitative estimate of drug-likeness (QED) is 0.154. The zero-order chi connectivity index (χ0) is 40.0. The molecule has 5 heterocycles. The summed E-state index contributed by atoms with van der Waals surface area (Å²) in [4.78, 5) is 81.9. The van der Waals surface area contributed by atoms with Gasteiger partial charge in [-0.25, -0.2) is 33.4 Å². The van der Waals surface area contributed by atoms with Gasteiger partial charge in [0.1, 0.15) is 23.2 Å². The highest BCUT2D eigenvalue weighted by molar-refractivity contribution is 6.04. The zero-order valence-corrected chi connectivity index (χ0v) is 30.6. The molecule has 6 rings (SSSR count). The first-order valence-electron chi connectivity index (χ1n) is 17.4. The maximum Gasteiger partial charge on any atom is 0.337 e. The van der Waals surface area contributed by atoms with Gasteiger partial charge < -0.3 is 26.2 Å². The fraction of sp³-hybridized carbons (Fsp3) is 0.308. The van der Waals surface area contributed by atoms with E-state index >= 15 is 0 Å². The molecule has 1 saturated heterocycles. The number of aliphatic carboxylic acids is 2. The number of nitrogens with zero attached hydrogens (tertiary/aromatic N) is 7. The van der Waals surface area contributed by atoms with Crippen LogP contribution in [0.4, 0.5) is 11.5 Å². The number of piperidine rings is 1. The summed E-state index contributed by atoms with van der Waals surface area (Å²) < 4.78 is 4.09. The second-order valence-electron chi connectivity index (χ2n) is 13.3. The van der Waals surface area contributed by atoms with Crippen LogP contribution in [0, 0.1) is 5.92 Å². The molecule has 0 radical (unpaired) electrons. The van der Waals surface area contributed by atoms with E-state index in [1.54, 1.807) is 44.2 Å². The number of hydrogen-bond acceptors (Lipinski definition) is 10. The number of rotatable bonds is 9. The van der Waals surface area contributed by atoms with Crippen LogP contribution in [0.1, 0.15) is 76.0 Å². The number of carbonyl (C=O) groups excluding carboxylic acids is 2. The molecule has 17 heteroatoms. The van der Waals surface area contributed by atoms with E-state index in [1.165, 1.54) is 23.3 Å². The van der Waals surface area contributed by atoms with Gasteiger partial charge in [0, 0.05) is 72.5 Å². The number of benzene rings is 1. The Morgan fingerprint density at radius 2 is 1.57 bits per heavy atom. The summed E-state index contributed by atoms with van der Waals surface area (Å²) in [5, 5.41) is 22.9. The number of likely N-dealkylation sites (tertiary alicyclic amines) is 1. The summed E-state index contributed by atoms with van der Waals surface area (Å²) in [5.74, 6) is -2.37. The van der Waals surface area contributed by atoms with Crippen LogP contribution in [0.25, 0.3) is 22.5 Å². The largest absolute Gasteiger partial charge is 0.478 e. The Morgan fingerprint density at radius 3 is 2.12 bits per heavy atom. The number of nitrogens with one attached hydrogen (secondary N) is 1. The van der Waals surface area contributed by atoms with Crippen molar-refractivity contribution in [2.45, 2.75) is 59.9 Å². The average Bonchev–Trinajstić information content (AvgIpc) is 3.55. The standard InChI is InChI=1S/C34H37N9O4.C4H4O4.CH4/c1-20(2)32(45)40-15-12-23(13-16-40)27-17-25(29-30(35)37-19-38-43(27)29)22-8-10-24(11-9-22)39-31(44)26-18-41(21(3)4)34(47)42(33(26)46)28-7-5-6-14-36-28;5-3(6)1-2-4(7)8;/h5-11,14,17-21,23H,12-13,15-16H2,1-4H3,(H,39,44)(H2,35,37,38);1-2H,(H,5,6)(H,7,8);1H4/b;2-1-;. The number of amides is 2. The van der Waals surface area contributed by atoms with Crippen molar-refractivity contribution in [1.82, 2.24) is 33.6 Å². The predicted octanol–water partition coefficient (Wildman–Crippen LogP) is 4.23. The van der Waals surface area contributed by atoms with Crippen molar-refractivity contribution in [3.63, 3.8) is 0 Å². The third-order valence-electron chi connectivity index (χ3n) is 8.94. The predicted molar refractivity (Wildman–Crippen MR) is 210 cm³/mol. The summed E-state index contributed by atoms with van der Waals surface area (Å²) in [5.41, 5.74) is 8.66. The molecule has 0 aliphatic carbocycles. The molecule has 1 fully saturated rings. The van der Waals surface area contributed by atoms with Crippen LogP contribution in [0.15, 0.2) is 89.0 Å². The van der Waals surface area contributed by atoms with E-state index in [9.17, 15) is 28.8 Å². The molecule has 5 N–H and O–H groups in total. The second kappa shape index (κ2) is 17.9. The van der Waals surface area contributed by atoms with Crippen LogP contribution in [0.2, 0.25) is 0 Å². The third kappa shape index (κ3) is 9.23. The number of hydrogen-bond donors (Lipinski definition) is 4. The average molecular weight is 768 g/mol. The first-order chi connectivity index (χ1) is 26.2. The van der Waals surface area contributed by atoms with Crippen LogP contribution in [0.3, 0.4) is 0 Å². The van der Waals surface area contributed by atoms with Crippen LogP contribution in [-0.4, -0.2) is 80.7 Å². The Balaban J connectivity index is 0.000000699. The molecule has 5 aromatic rings. The number of nitrogens with two attached hydrogens (primary N) is 1. The summed E-state index contributed by atoms with van der Waals surface area (Å²) in [7, 11) is 0. The lowest BCUT2D eigenvalue weighted by Gasteiger charge is -2.33. The summed E-state index contributed by atoms with van der Waals surface area (Å²) in [6, 6.07) is 13.8. The summed E-state index contributed by atoms with van der Waals surface area (Å²) in [6.45, 7) is 8.79. The van der Waals surface area contributed by atoms with Crippen molar-refractivity contribution in [2.24, 2.45) is 5.92 Å². The van der Waals surface area contributed by atoms with E-state index in [1.807, 2.05) is 35.4 Å². The van der Waals surface area contributed by atoms with E-state index < -0.39 is 29.1 Å². The van der Waals surface area contributed by atoms with E-state index in [-0.39, 0.29) is 42.6 Å². The molecular weight excluding hydrogens is 722 g/mol. The smallest absolute Gasteiger partial charge is 0.337 e. The summed E-state index contributed by atoms with van der Waals surface area (Å²) >= 11 is 0. The number of nitrogen functional groups attached to an aromatic ring is 1. The highest BCUT2D eigenvalue weighted by atomic mass is 16.4. The molecule has 56 heavy (non-hydrogen) atoms. The molecule has 0 saturated carbocycles. The number of fused-ring (bicyclic) bond motifs is 1. The molecule has 17 nitrogen and oxygen atoms in total. The Kier molecular flexibility index (Phi) is 13.4. The number of carboxylic acid groups (broad SMARTS) is 2. The molecular formula is C39H45N9O8. The fourth-order valence-electron chi connectivity index (χ4n) is 6.22. The number of carboxylic acids is 2. The second-order valence-corrected chi connectivity index (χ2v) is 13.3. The van der Waals surface area contributed by atoms with Crippen molar-refractivity contribution >= 4 is 40.8 Å². The topological polar surface area (TPSA) is 237 Å². The minimum atomic E-state index is -1.26. The van der Waals surface area contributed by atoms with E-state index in [4.69, 9.17) is 15.9 Å². The van der Waals surface area contributed by atoms with Gasteiger partial charge in [-0.05, 0) is 62.6 Å². The molecule has 1 aromatic carbocycles. The van der Waals surface area contributed by atoms with Crippen molar-refractivity contribution in [1.29, 1.82) is 0 Å². The molecule has 0 spiro atoms. The van der Waals surface area contributed by atoms with Crippen LogP contribution < -0.4 is 22.3 Å². The first-order valence-corrected chi connectivity index (χ1v) is 17.4. The van der Waals surface area contributed by atoms with Gasteiger partial charge >= 0.3 is 17.6 Å². The molecule has 294 valence electrons. The van der Waals surface area contributed by atoms with Crippen molar-refractivity contribution in [2.75, 3.05) is 24.1 Å². The Bertz CT molecular complexity index is 2360. The Hall–Kier alpha value is -6.91. The monoisotopic (exact) mass is 767 g/mol. The Morgan fingerprint density at radius 1 is 0.929 bits per heavy atom. The molecule has 4 aromatic heterocycles. The lowest BCUT2D eigenvalue weighted by atomic mass is 9.92. The highest BCUT2D eigenvalue weighted by Gasteiger charge is 2.29. The van der Waals surface area contributed by atoms with Gasteiger partial charge in [0.15, 0.2) is 5.82 Å². The SMILES string of the molecule is C.CC(C)C(=O)N1CCC(c2cc(-c3ccc(NC(=O)c4cn(C(C)C)c(=O)n(-c5ccccn5)c4=O)cc3)c3c(N)ncnn23)CC1.O=C(O)/C=C\C(=O)O. The molecule has 1 aliphatic heterocycles. The van der Waals surface area contributed by atoms with Crippen molar-refractivity contribution in [3.05, 3.63) is 111 Å². The third-order valence-corrected chi connectivity index (χ3v) is 8.94. The number of carbonyl (C=O) groups is 4. The van der Waals surface area contributed by atoms with E-state index in [0.29, 0.717) is 42.3 Å². The zero-order valence-electron chi connectivity index (χ0n) is 30.6. The van der Waals surface area contributed by atoms with Crippen LogP contribution in [-0.2, 0) is 14.4 Å². The molecule has 0 unspecified atom stereocenters. The fourth-order valence-corrected chi connectivity index (χ4v) is 6.22. The van der Waals surface area contributed by atoms with Gasteiger partial charge in [0.2, 0.25) is 5.91 Å². The highest BCUT2D eigenvalue weighted by Crippen LogP contribution is 2.37. The van der Waals surface area contributed by atoms with Gasteiger partial charge in [0.25, 0.3) is 11.5 Å². The maximum absolute atomic E-state index is 13.4. The summed E-state index contributed by atoms with van der Waals surface area (Å²) in [6.07, 6.45) is 6.95. The normalized spacial score (nSPS) is 13.0. The van der Waals surface area contributed by atoms with Crippen LogP contribution >= 0.6 is 0 Å². The minimum absolute atomic E-state index is 0. The molecule has 0 atom stereocenters. The van der Waals surface area contributed by atoms with Gasteiger partial charge in [-0.2, -0.15) is 5.10 Å². The minimum Gasteiger partial charge on any atom is -0.478 e. The van der Waals surface area contributed by atoms with E-state index in [2.05, 4.69) is 26.4 Å². The van der Waals surface area contributed by atoms with Crippen molar-refractivity contribution in [3.8, 4) is 16.9 Å². The van der Waals surface area contributed by atoms with Gasteiger partial charge in [-0.1, -0.05) is 39.5 Å². The first kappa shape index (κ1) is 41.8. The van der Waals surface area contributed by atoms with Crippen molar-refractivity contribution < 1.29 is 29.4 Å². The number of pyridine rings is 1. The number of aromatic nitrogens is 6. The number of anilines is 2. The van der Waals surface area contributed by atoms with E-state index in [0.717, 1.165) is 34.2 Å². The lowest BCUT2D eigenvalue weighted by molar-refractivity contribution is -0.135. The van der Waals surface area contributed by atoms with Crippen LogP contribution in [0.5, 0.6) is 0 Å². The van der Waals surface area contributed by atoms with Gasteiger partial charge in [-0.15, -0.1) is 0 Å². The lowest BCUT2D eigenvalue weighted by Crippen LogP contribution is -2.43. The molecule has 1 aliphatic rings. The Labute approximate surface area is 321 Å². The maximum atomic E-state index is 13.4. The van der Waals surface area contributed by atoms with Gasteiger partial charge in [-0.3, -0.25) is 19.0 Å².